The van der Waals surface area contributed by atoms with Gasteiger partial charge in [0.1, 0.15) is 0 Å². The highest BCUT2D eigenvalue weighted by molar-refractivity contribution is 7.09. The van der Waals surface area contributed by atoms with Gasteiger partial charge in [0.25, 0.3) is 0 Å². The van der Waals surface area contributed by atoms with E-state index in [1.54, 1.807) is 0 Å². The van der Waals surface area contributed by atoms with Gasteiger partial charge in [0.05, 0.1) is 23.6 Å². The Hall–Kier alpha value is -0.920. The first kappa shape index (κ1) is 9.17. The Bertz CT molecular complexity index is 289. The molecule has 0 aliphatic heterocycles. The molecule has 1 rings (SSSR count). The molecule has 0 amide bonds. The zero-order chi connectivity index (χ0) is 8.97. The average Bonchev–Trinajstić information content (AvgIpc) is 2.47. The molecule has 1 N–H and O–H groups in total. The predicted molar refractivity (Wildman–Crippen MR) is 46.7 cm³/mol. The average molecular weight is 182 g/mol. The number of aliphatic hydroxyl groups is 1. The minimum Gasteiger partial charge on any atom is -0.395 e. The molecule has 0 aromatic carbocycles. The summed E-state index contributed by atoms with van der Waals surface area (Å²) in [5.41, 5.74) is 0.977. The van der Waals surface area contributed by atoms with Gasteiger partial charge in [-0.25, -0.2) is 4.98 Å². The van der Waals surface area contributed by atoms with E-state index in [0.717, 1.165) is 10.7 Å². The summed E-state index contributed by atoms with van der Waals surface area (Å²) < 4.78 is 0. The number of hydrogen-bond donors (Lipinski definition) is 1. The van der Waals surface area contributed by atoms with Crippen molar-refractivity contribution in [2.75, 3.05) is 6.61 Å². The Morgan fingerprint density at radius 2 is 2.58 bits per heavy atom. The van der Waals surface area contributed by atoms with Crippen molar-refractivity contribution in [3.8, 4) is 6.07 Å². The van der Waals surface area contributed by atoms with Gasteiger partial charge in [0, 0.05) is 17.5 Å². The highest BCUT2D eigenvalue weighted by Gasteiger charge is 2.08. The summed E-state index contributed by atoms with van der Waals surface area (Å²) in [5.74, 6) is -0.310. The molecule has 3 nitrogen and oxygen atoms in total. The van der Waals surface area contributed by atoms with Crippen LogP contribution < -0.4 is 0 Å². The lowest BCUT2D eigenvalue weighted by atomic mass is 10.1. The molecule has 1 atom stereocenters. The van der Waals surface area contributed by atoms with Gasteiger partial charge in [-0.2, -0.15) is 5.26 Å². The smallest absolute Gasteiger partial charge is 0.0942 e. The van der Waals surface area contributed by atoms with Gasteiger partial charge in [-0.15, -0.1) is 11.3 Å². The second-order valence-electron chi connectivity index (χ2n) is 2.60. The van der Waals surface area contributed by atoms with Crippen molar-refractivity contribution in [3.05, 3.63) is 16.1 Å². The lowest BCUT2D eigenvalue weighted by Gasteiger charge is -1.99. The topological polar surface area (TPSA) is 56.9 Å². The first-order valence-corrected chi connectivity index (χ1v) is 4.55. The maximum atomic E-state index is 8.75. The third kappa shape index (κ3) is 2.29. The number of aromatic nitrogens is 1. The summed E-state index contributed by atoms with van der Waals surface area (Å²) in [7, 11) is 0. The van der Waals surface area contributed by atoms with Gasteiger partial charge in [-0.3, -0.25) is 0 Å². The molecule has 0 radical (unpaired) electrons. The SMILES string of the molecule is Cc1csc(CC(C#N)CO)n1. The van der Waals surface area contributed by atoms with E-state index in [9.17, 15) is 0 Å². The maximum absolute atomic E-state index is 8.75. The van der Waals surface area contributed by atoms with Crippen molar-refractivity contribution in [1.82, 2.24) is 4.98 Å². The monoisotopic (exact) mass is 182 g/mol. The van der Waals surface area contributed by atoms with E-state index in [2.05, 4.69) is 4.98 Å². The standard InChI is InChI=1S/C8H10N2OS/c1-6-5-12-8(10-6)2-7(3-9)4-11/h5,7,11H,2,4H2,1H3. The van der Waals surface area contributed by atoms with Crippen molar-refractivity contribution in [3.63, 3.8) is 0 Å². The quantitative estimate of drug-likeness (QED) is 0.762. The van der Waals surface area contributed by atoms with E-state index in [0.29, 0.717) is 6.42 Å². The van der Waals surface area contributed by atoms with Gasteiger partial charge >= 0.3 is 0 Å². The second-order valence-corrected chi connectivity index (χ2v) is 3.54. The van der Waals surface area contributed by atoms with Crippen molar-refractivity contribution >= 4 is 11.3 Å². The zero-order valence-corrected chi connectivity index (χ0v) is 7.64. The summed E-state index contributed by atoms with van der Waals surface area (Å²) in [6, 6.07) is 2.03. The predicted octanol–water partition coefficient (Wildman–Crippen LogP) is 1.13. The largest absolute Gasteiger partial charge is 0.395 e. The summed E-state index contributed by atoms with van der Waals surface area (Å²) in [5, 5.41) is 20.2. The molecule has 0 bridgehead atoms. The normalized spacial score (nSPS) is 12.4. The van der Waals surface area contributed by atoms with Gasteiger partial charge in [-0.1, -0.05) is 0 Å². The van der Waals surface area contributed by atoms with Crippen LogP contribution in [0.1, 0.15) is 10.7 Å². The summed E-state index contributed by atoms with van der Waals surface area (Å²) in [6.45, 7) is 1.83. The van der Waals surface area contributed by atoms with E-state index in [-0.39, 0.29) is 12.5 Å². The molecular formula is C8H10N2OS. The molecule has 0 aliphatic rings. The molecule has 0 aliphatic carbocycles. The fourth-order valence-electron chi connectivity index (χ4n) is 0.858. The van der Waals surface area contributed by atoms with Crippen LogP contribution in [0.15, 0.2) is 5.38 Å². The van der Waals surface area contributed by atoms with E-state index in [4.69, 9.17) is 10.4 Å². The van der Waals surface area contributed by atoms with E-state index < -0.39 is 0 Å². The molecule has 0 saturated heterocycles. The van der Waals surface area contributed by atoms with Crippen molar-refractivity contribution in [2.45, 2.75) is 13.3 Å². The number of nitriles is 1. The van der Waals surface area contributed by atoms with Crippen LogP contribution >= 0.6 is 11.3 Å². The molecule has 0 saturated carbocycles. The minimum atomic E-state index is -0.310. The van der Waals surface area contributed by atoms with Gasteiger partial charge in [-0.05, 0) is 6.92 Å². The fourth-order valence-corrected chi connectivity index (χ4v) is 1.71. The van der Waals surface area contributed by atoms with E-state index in [1.807, 2.05) is 18.4 Å². The van der Waals surface area contributed by atoms with Crippen LogP contribution in [0.25, 0.3) is 0 Å². The number of aliphatic hydroxyl groups excluding tert-OH is 1. The van der Waals surface area contributed by atoms with Crippen LogP contribution in [0.2, 0.25) is 0 Å². The maximum Gasteiger partial charge on any atom is 0.0942 e. The molecule has 0 spiro atoms. The Morgan fingerprint density at radius 3 is 3.00 bits per heavy atom. The van der Waals surface area contributed by atoms with Crippen molar-refractivity contribution in [2.24, 2.45) is 5.92 Å². The van der Waals surface area contributed by atoms with E-state index >= 15 is 0 Å². The molecule has 0 fully saturated rings. The fraction of sp³-hybridized carbons (Fsp3) is 0.500. The third-order valence-electron chi connectivity index (χ3n) is 1.49. The van der Waals surface area contributed by atoms with Crippen molar-refractivity contribution in [1.29, 1.82) is 5.26 Å². The molecular weight excluding hydrogens is 172 g/mol. The van der Waals surface area contributed by atoms with Crippen molar-refractivity contribution < 1.29 is 5.11 Å². The van der Waals surface area contributed by atoms with Gasteiger partial charge in [0.15, 0.2) is 0 Å². The molecule has 1 aromatic heterocycles. The summed E-state index contributed by atoms with van der Waals surface area (Å²) in [4.78, 5) is 4.20. The number of thiazole rings is 1. The highest BCUT2D eigenvalue weighted by atomic mass is 32.1. The summed E-state index contributed by atoms with van der Waals surface area (Å²) >= 11 is 1.54. The van der Waals surface area contributed by atoms with Crippen LogP contribution in [-0.4, -0.2) is 16.7 Å². The number of rotatable bonds is 3. The lowest BCUT2D eigenvalue weighted by molar-refractivity contribution is 0.255. The van der Waals surface area contributed by atoms with Crippen LogP contribution in [0.3, 0.4) is 0 Å². The Labute approximate surface area is 75.3 Å². The molecule has 1 unspecified atom stereocenters. The van der Waals surface area contributed by atoms with Crippen LogP contribution in [0.4, 0.5) is 0 Å². The third-order valence-corrected chi connectivity index (χ3v) is 2.48. The summed E-state index contributed by atoms with van der Waals surface area (Å²) in [6.07, 6.45) is 0.561. The van der Waals surface area contributed by atoms with Crippen LogP contribution in [0, 0.1) is 24.2 Å². The molecule has 4 heteroatoms. The van der Waals surface area contributed by atoms with Gasteiger partial charge < -0.3 is 5.11 Å². The first-order valence-electron chi connectivity index (χ1n) is 3.67. The van der Waals surface area contributed by atoms with E-state index in [1.165, 1.54) is 11.3 Å². The Balaban J connectivity index is 2.58. The lowest BCUT2D eigenvalue weighted by Crippen LogP contribution is -2.06. The minimum absolute atomic E-state index is 0.0882. The second kappa shape index (κ2) is 4.19. The van der Waals surface area contributed by atoms with Crippen LogP contribution in [-0.2, 0) is 6.42 Å². The first-order chi connectivity index (χ1) is 5.76. The number of aryl methyl sites for hydroxylation is 1. The Morgan fingerprint density at radius 1 is 1.83 bits per heavy atom. The molecule has 64 valence electrons. The zero-order valence-electron chi connectivity index (χ0n) is 6.82. The van der Waals surface area contributed by atoms with Gasteiger partial charge in [0.2, 0.25) is 0 Å². The number of nitrogens with zero attached hydrogens (tertiary/aromatic N) is 2. The van der Waals surface area contributed by atoms with Crippen LogP contribution in [0.5, 0.6) is 0 Å². The highest BCUT2D eigenvalue weighted by Crippen LogP contribution is 2.13. The molecule has 12 heavy (non-hydrogen) atoms. The molecule has 1 aromatic rings. The Kier molecular flexibility index (Phi) is 3.20. The number of hydrogen-bond acceptors (Lipinski definition) is 4. The molecule has 1 heterocycles.